The highest BCUT2D eigenvalue weighted by atomic mass is 16.5. The fourth-order valence-corrected chi connectivity index (χ4v) is 2.95. The number of benzene rings is 2. The second-order valence-corrected chi connectivity index (χ2v) is 6.08. The minimum atomic E-state index is -0.526. The van der Waals surface area contributed by atoms with Crippen LogP contribution in [0, 0.1) is 0 Å². The summed E-state index contributed by atoms with van der Waals surface area (Å²) in [5.74, 6) is 1.24. The summed E-state index contributed by atoms with van der Waals surface area (Å²) in [7, 11) is 3.05. The van der Waals surface area contributed by atoms with Crippen LogP contribution in [0.15, 0.2) is 36.4 Å². The van der Waals surface area contributed by atoms with Gasteiger partial charge in [-0.05, 0) is 44.2 Å². The van der Waals surface area contributed by atoms with Crippen LogP contribution in [0.25, 0.3) is 0 Å². The second kappa shape index (κ2) is 7.57. The van der Waals surface area contributed by atoms with Gasteiger partial charge in [0.05, 0.1) is 19.9 Å². The van der Waals surface area contributed by atoms with Crippen molar-refractivity contribution < 1.29 is 23.8 Å². The molecule has 0 bridgehead atoms. The number of nitrogens with zero attached hydrogens (tertiary/aromatic N) is 1. The Labute approximate surface area is 157 Å². The molecule has 0 fully saturated rings. The molecule has 0 saturated carbocycles. The highest BCUT2D eigenvalue weighted by molar-refractivity contribution is 6.06. The van der Waals surface area contributed by atoms with E-state index in [0.29, 0.717) is 40.7 Å². The normalized spacial score (nSPS) is 15.6. The molecule has 142 valence electrons. The number of carbonyl (C=O) groups is 2. The van der Waals surface area contributed by atoms with Gasteiger partial charge >= 0.3 is 0 Å². The zero-order chi connectivity index (χ0) is 19.6. The van der Waals surface area contributed by atoms with E-state index in [1.54, 1.807) is 48.2 Å². The van der Waals surface area contributed by atoms with Gasteiger partial charge in [-0.2, -0.15) is 0 Å². The molecule has 0 aromatic heterocycles. The van der Waals surface area contributed by atoms with E-state index in [1.807, 2.05) is 6.92 Å². The Kier molecular flexibility index (Phi) is 5.21. The summed E-state index contributed by atoms with van der Waals surface area (Å²) in [5.41, 5.74) is 1.60. The van der Waals surface area contributed by atoms with Crippen LogP contribution < -0.4 is 24.4 Å². The average molecular weight is 370 g/mol. The third-order valence-electron chi connectivity index (χ3n) is 4.36. The van der Waals surface area contributed by atoms with E-state index in [0.717, 1.165) is 0 Å². The number of methoxy groups -OCH3 is 2. The van der Waals surface area contributed by atoms with Gasteiger partial charge in [-0.25, -0.2) is 0 Å². The van der Waals surface area contributed by atoms with E-state index in [4.69, 9.17) is 14.2 Å². The summed E-state index contributed by atoms with van der Waals surface area (Å²) in [4.78, 5) is 26.6. The van der Waals surface area contributed by atoms with Crippen LogP contribution in [-0.2, 0) is 4.79 Å². The first-order valence-corrected chi connectivity index (χ1v) is 8.63. The Morgan fingerprint density at radius 3 is 2.41 bits per heavy atom. The van der Waals surface area contributed by atoms with Gasteiger partial charge in [0, 0.05) is 23.9 Å². The largest absolute Gasteiger partial charge is 0.497 e. The maximum atomic E-state index is 12.7. The molecule has 2 aromatic rings. The van der Waals surface area contributed by atoms with Gasteiger partial charge in [0.25, 0.3) is 11.8 Å². The van der Waals surface area contributed by atoms with E-state index in [2.05, 4.69) is 5.32 Å². The summed E-state index contributed by atoms with van der Waals surface area (Å²) >= 11 is 0. The molecular formula is C20H22N2O5. The van der Waals surface area contributed by atoms with E-state index < -0.39 is 6.10 Å². The van der Waals surface area contributed by atoms with Crippen molar-refractivity contribution in [3.63, 3.8) is 0 Å². The van der Waals surface area contributed by atoms with Crippen molar-refractivity contribution in [2.24, 2.45) is 0 Å². The predicted molar refractivity (Wildman–Crippen MR) is 102 cm³/mol. The molecule has 1 atom stereocenters. The summed E-state index contributed by atoms with van der Waals surface area (Å²) in [5, 5.41) is 2.84. The van der Waals surface area contributed by atoms with Gasteiger partial charge in [-0.15, -0.1) is 0 Å². The molecule has 0 saturated heterocycles. The lowest BCUT2D eigenvalue weighted by Gasteiger charge is -2.32. The summed E-state index contributed by atoms with van der Waals surface area (Å²) < 4.78 is 16.0. The van der Waals surface area contributed by atoms with E-state index in [9.17, 15) is 9.59 Å². The van der Waals surface area contributed by atoms with E-state index in [-0.39, 0.29) is 11.8 Å². The van der Waals surface area contributed by atoms with Gasteiger partial charge in [-0.1, -0.05) is 0 Å². The van der Waals surface area contributed by atoms with E-state index >= 15 is 0 Å². The molecule has 3 rings (SSSR count). The molecule has 7 heteroatoms. The van der Waals surface area contributed by atoms with Crippen LogP contribution >= 0.6 is 0 Å². The number of fused-ring (bicyclic) bond motifs is 1. The van der Waals surface area contributed by atoms with Crippen molar-refractivity contribution in [3.8, 4) is 17.2 Å². The van der Waals surface area contributed by atoms with Crippen LogP contribution in [0.3, 0.4) is 0 Å². The second-order valence-electron chi connectivity index (χ2n) is 6.08. The van der Waals surface area contributed by atoms with Gasteiger partial charge in [0.2, 0.25) is 0 Å². The van der Waals surface area contributed by atoms with Gasteiger partial charge in [0.15, 0.2) is 6.10 Å². The first-order chi connectivity index (χ1) is 13.0. The molecule has 1 aliphatic rings. The molecule has 2 aromatic carbocycles. The Bertz CT molecular complexity index is 858. The summed E-state index contributed by atoms with van der Waals surface area (Å²) in [6.45, 7) is 4.14. The Morgan fingerprint density at radius 1 is 1.15 bits per heavy atom. The van der Waals surface area contributed by atoms with Crippen LogP contribution in [0.5, 0.6) is 17.2 Å². The lowest BCUT2D eigenvalue weighted by molar-refractivity contribution is -0.125. The van der Waals surface area contributed by atoms with Crippen LogP contribution in [-0.4, -0.2) is 38.7 Å². The van der Waals surface area contributed by atoms with Crippen molar-refractivity contribution in [2.75, 3.05) is 31.0 Å². The number of likely N-dealkylation sites (N-methyl/N-ethyl adjacent to an activating group) is 1. The monoisotopic (exact) mass is 370 g/mol. The van der Waals surface area contributed by atoms with Crippen LogP contribution in [0.2, 0.25) is 0 Å². The molecule has 0 aliphatic carbocycles. The molecule has 27 heavy (non-hydrogen) atoms. The Balaban J connectivity index is 1.88. The van der Waals surface area contributed by atoms with Crippen molar-refractivity contribution in [3.05, 3.63) is 42.0 Å². The fourth-order valence-electron chi connectivity index (χ4n) is 2.95. The molecule has 0 spiro atoms. The first-order valence-electron chi connectivity index (χ1n) is 8.63. The number of amides is 2. The van der Waals surface area contributed by atoms with Crippen LogP contribution in [0.1, 0.15) is 24.2 Å². The number of nitrogens with one attached hydrogen (secondary N) is 1. The Hall–Kier alpha value is -3.22. The quantitative estimate of drug-likeness (QED) is 0.875. The Morgan fingerprint density at radius 2 is 1.81 bits per heavy atom. The summed E-state index contributed by atoms with van der Waals surface area (Å²) in [6, 6.07) is 10.2. The lowest BCUT2D eigenvalue weighted by atomic mass is 10.1. The van der Waals surface area contributed by atoms with Crippen molar-refractivity contribution >= 4 is 23.2 Å². The molecule has 7 nitrogen and oxygen atoms in total. The molecular weight excluding hydrogens is 348 g/mol. The van der Waals surface area contributed by atoms with Crippen molar-refractivity contribution in [1.29, 1.82) is 0 Å². The highest BCUT2D eigenvalue weighted by Crippen LogP contribution is 2.36. The number of ether oxygens (including phenoxy) is 3. The molecule has 2 amide bonds. The van der Waals surface area contributed by atoms with Crippen molar-refractivity contribution in [2.45, 2.75) is 20.0 Å². The average Bonchev–Trinajstić information content (AvgIpc) is 2.68. The number of rotatable bonds is 5. The maximum absolute atomic E-state index is 12.7. The molecule has 1 N–H and O–H groups in total. The zero-order valence-electron chi connectivity index (χ0n) is 15.7. The molecule has 1 unspecified atom stereocenters. The molecule has 1 aliphatic heterocycles. The minimum absolute atomic E-state index is 0.106. The van der Waals surface area contributed by atoms with Gasteiger partial charge < -0.3 is 24.4 Å². The topological polar surface area (TPSA) is 77.1 Å². The third kappa shape index (κ3) is 3.67. The standard InChI is InChI=1S/C20H22N2O5/c1-5-22-17-10-14(6-7-18(17)27-12(2)20(22)24)21-19(23)13-8-15(25-3)11-16(9-13)26-4/h6-12H,5H2,1-4H3,(H,21,23). The van der Waals surface area contributed by atoms with Crippen molar-refractivity contribution in [1.82, 2.24) is 0 Å². The van der Waals surface area contributed by atoms with Gasteiger partial charge in [0.1, 0.15) is 17.2 Å². The highest BCUT2D eigenvalue weighted by Gasteiger charge is 2.30. The third-order valence-corrected chi connectivity index (χ3v) is 4.36. The summed E-state index contributed by atoms with van der Waals surface area (Å²) in [6.07, 6.45) is -0.526. The SMILES string of the molecule is CCN1C(=O)C(C)Oc2ccc(NC(=O)c3cc(OC)cc(OC)c3)cc21. The molecule has 1 heterocycles. The number of carbonyl (C=O) groups excluding carboxylic acids is 2. The number of hydrogen-bond acceptors (Lipinski definition) is 5. The van der Waals surface area contributed by atoms with Gasteiger partial charge in [-0.3, -0.25) is 9.59 Å². The zero-order valence-corrected chi connectivity index (χ0v) is 15.7. The molecule has 0 radical (unpaired) electrons. The smallest absolute Gasteiger partial charge is 0.267 e. The van der Waals surface area contributed by atoms with Crippen LogP contribution in [0.4, 0.5) is 11.4 Å². The lowest BCUT2D eigenvalue weighted by Crippen LogP contribution is -2.44. The minimum Gasteiger partial charge on any atom is -0.497 e. The van der Waals surface area contributed by atoms with E-state index in [1.165, 1.54) is 14.2 Å². The fraction of sp³-hybridized carbons (Fsp3) is 0.300. The first kappa shape index (κ1) is 18.6. The number of anilines is 2. The maximum Gasteiger partial charge on any atom is 0.267 e. The predicted octanol–water partition coefficient (Wildman–Crippen LogP) is 3.09. The number of hydrogen-bond donors (Lipinski definition) is 1.